The summed E-state index contributed by atoms with van der Waals surface area (Å²) in [7, 11) is 0. The predicted octanol–water partition coefficient (Wildman–Crippen LogP) is 1.22. The number of hydrogen-bond donors (Lipinski definition) is 3. The third kappa shape index (κ3) is 3.54. The minimum atomic E-state index is -1.23. The van der Waals surface area contributed by atoms with Crippen LogP contribution in [0.1, 0.15) is 38.2 Å². The third-order valence-electron chi connectivity index (χ3n) is 4.87. The van der Waals surface area contributed by atoms with Crippen LogP contribution in [0.15, 0.2) is 30.3 Å². The Morgan fingerprint density at radius 3 is 2.50 bits per heavy atom. The number of nitrogens with one attached hydrogen (secondary N) is 3. The van der Waals surface area contributed by atoms with Gasteiger partial charge in [-0.25, -0.2) is 9.59 Å². The van der Waals surface area contributed by atoms with E-state index < -0.39 is 36.0 Å². The smallest absolute Gasteiger partial charge is 0.325 e. The van der Waals surface area contributed by atoms with Gasteiger partial charge >= 0.3 is 12.1 Å². The molecule has 1 atom stereocenters. The van der Waals surface area contributed by atoms with Gasteiger partial charge < -0.3 is 10.6 Å². The fraction of sp³-hybridized carbons (Fsp3) is 0.444. The first-order chi connectivity index (χ1) is 12.4. The summed E-state index contributed by atoms with van der Waals surface area (Å²) in [6.07, 6.45) is 3.90. The van der Waals surface area contributed by atoms with Crippen LogP contribution in [0, 0.1) is 0 Å². The molecule has 1 saturated carbocycles. The number of amides is 6. The van der Waals surface area contributed by atoms with E-state index in [1.165, 1.54) is 0 Å². The van der Waals surface area contributed by atoms with Crippen LogP contribution in [0.5, 0.6) is 0 Å². The summed E-state index contributed by atoms with van der Waals surface area (Å²) < 4.78 is 0. The van der Waals surface area contributed by atoms with E-state index >= 15 is 0 Å². The van der Waals surface area contributed by atoms with Crippen molar-refractivity contribution >= 4 is 23.9 Å². The molecular formula is C18H22N4O4. The van der Waals surface area contributed by atoms with Gasteiger partial charge in [-0.05, 0) is 25.3 Å². The van der Waals surface area contributed by atoms with Crippen molar-refractivity contribution in [1.29, 1.82) is 0 Å². The van der Waals surface area contributed by atoms with Crippen molar-refractivity contribution in [2.45, 2.75) is 44.2 Å². The molecular weight excluding hydrogens is 336 g/mol. The highest BCUT2D eigenvalue weighted by atomic mass is 16.2. The topological polar surface area (TPSA) is 108 Å². The molecule has 1 aromatic rings. The van der Waals surface area contributed by atoms with Gasteiger partial charge in [-0.2, -0.15) is 0 Å². The maximum Gasteiger partial charge on any atom is 0.325 e. The lowest BCUT2D eigenvalue weighted by molar-refractivity contribution is -0.134. The van der Waals surface area contributed by atoms with Gasteiger partial charge in [0.1, 0.15) is 12.1 Å². The molecule has 8 heteroatoms. The maximum atomic E-state index is 12.7. The molecule has 1 aliphatic heterocycles. The second kappa shape index (κ2) is 7.15. The Morgan fingerprint density at radius 1 is 1.19 bits per heavy atom. The van der Waals surface area contributed by atoms with Crippen molar-refractivity contribution < 1.29 is 19.2 Å². The number of benzene rings is 1. The molecule has 8 nitrogen and oxygen atoms in total. The molecule has 0 spiro atoms. The largest absolute Gasteiger partial charge is 0.335 e. The van der Waals surface area contributed by atoms with Gasteiger partial charge in [-0.1, -0.05) is 43.2 Å². The quantitative estimate of drug-likeness (QED) is 0.703. The fourth-order valence-electron chi connectivity index (χ4n) is 3.41. The zero-order chi connectivity index (χ0) is 18.7. The van der Waals surface area contributed by atoms with E-state index in [9.17, 15) is 19.2 Å². The van der Waals surface area contributed by atoms with Crippen LogP contribution < -0.4 is 16.0 Å². The number of carbonyl (C=O) groups is 4. The van der Waals surface area contributed by atoms with Gasteiger partial charge in [0, 0.05) is 6.04 Å². The van der Waals surface area contributed by atoms with Gasteiger partial charge in [-0.15, -0.1) is 0 Å². The first-order valence-electron chi connectivity index (χ1n) is 8.70. The highest BCUT2D eigenvalue weighted by Gasteiger charge is 2.49. The molecule has 1 saturated heterocycles. The van der Waals surface area contributed by atoms with E-state index in [2.05, 4.69) is 16.0 Å². The van der Waals surface area contributed by atoms with E-state index in [1.807, 2.05) is 6.07 Å². The molecule has 1 aliphatic carbocycles. The maximum absolute atomic E-state index is 12.7. The third-order valence-corrected chi connectivity index (χ3v) is 4.87. The van der Waals surface area contributed by atoms with Crippen molar-refractivity contribution in [3.8, 4) is 0 Å². The van der Waals surface area contributed by atoms with Crippen LogP contribution in [0.2, 0.25) is 0 Å². The van der Waals surface area contributed by atoms with E-state index in [0.717, 1.165) is 30.6 Å². The molecule has 6 amide bonds. The molecule has 0 bridgehead atoms. The lowest BCUT2D eigenvalue weighted by Gasteiger charge is -2.22. The number of urea groups is 2. The first kappa shape index (κ1) is 17.9. The monoisotopic (exact) mass is 358 g/mol. The molecule has 1 heterocycles. The fourth-order valence-corrected chi connectivity index (χ4v) is 3.41. The van der Waals surface area contributed by atoms with Crippen LogP contribution in [-0.2, 0) is 15.1 Å². The van der Waals surface area contributed by atoms with Gasteiger partial charge in [0.25, 0.3) is 5.91 Å². The second-order valence-corrected chi connectivity index (χ2v) is 6.82. The van der Waals surface area contributed by atoms with Gasteiger partial charge in [0.05, 0.1) is 0 Å². The molecule has 0 unspecified atom stereocenters. The van der Waals surface area contributed by atoms with Crippen LogP contribution in [0.4, 0.5) is 9.59 Å². The molecule has 138 valence electrons. The number of imide groups is 2. The number of hydrogen-bond acceptors (Lipinski definition) is 4. The van der Waals surface area contributed by atoms with Crippen LogP contribution in [0.3, 0.4) is 0 Å². The molecule has 0 radical (unpaired) electrons. The summed E-state index contributed by atoms with van der Waals surface area (Å²) in [5.41, 5.74) is -0.606. The summed E-state index contributed by atoms with van der Waals surface area (Å²) in [6, 6.07) is 7.62. The summed E-state index contributed by atoms with van der Waals surface area (Å²) in [5, 5.41) is 7.52. The molecule has 3 N–H and O–H groups in total. The Bertz CT molecular complexity index is 730. The molecule has 3 rings (SSSR count). The Hall–Kier alpha value is -2.90. The van der Waals surface area contributed by atoms with E-state index in [4.69, 9.17) is 0 Å². The zero-order valence-electron chi connectivity index (χ0n) is 14.6. The van der Waals surface area contributed by atoms with E-state index in [1.54, 1.807) is 31.2 Å². The van der Waals surface area contributed by atoms with E-state index in [-0.39, 0.29) is 6.04 Å². The summed E-state index contributed by atoms with van der Waals surface area (Å²) in [4.78, 5) is 49.6. The standard InChI is InChI=1S/C18H22N4O4/c1-18(12-7-3-2-4-8-12)15(24)22(17(26)21-18)11-14(23)20-16(25)19-13-9-5-6-10-13/h2-4,7-8,13H,5-6,9-11H2,1H3,(H,21,26)(H2,19,20,23,25)/t18-/m0/s1. The SMILES string of the molecule is C[C@@]1(c2ccccc2)NC(=O)N(CC(=O)NC(=O)NC2CCCC2)C1=O. The zero-order valence-corrected chi connectivity index (χ0v) is 14.6. The molecule has 2 aliphatic rings. The van der Waals surface area contributed by atoms with Crippen molar-refractivity contribution in [1.82, 2.24) is 20.9 Å². The first-order valence-corrected chi connectivity index (χ1v) is 8.70. The lowest BCUT2D eigenvalue weighted by Crippen LogP contribution is -2.48. The van der Waals surface area contributed by atoms with E-state index in [0.29, 0.717) is 5.56 Å². The predicted molar refractivity (Wildman–Crippen MR) is 93.0 cm³/mol. The summed E-state index contributed by atoms with van der Waals surface area (Å²) in [6.45, 7) is 1.08. The average molecular weight is 358 g/mol. The van der Waals surface area contributed by atoms with Crippen molar-refractivity contribution in [3.63, 3.8) is 0 Å². The Labute approximate surface area is 151 Å². The summed E-state index contributed by atoms with van der Waals surface area (Å²) in [5.74, 6) is -1.23. The van der Waals surface area contributed by atoms with Gasteiger partial charge in [-0.3, -0.25) is 19.8 Å². The minimum Gasteiger partial charge on any atom is -0.335 e. The highest BCUT2D eigenvalue weighted by Crippen LogP contribution is 2.28. The van der Waals surface area contributed by atoms with Crippen LogP contribution >= 0.6 is 0 Å². The van der Waals surface area contributed by atoms with Gasteiger partial charge in [0.15, 0.2) is 0 Å². The van der Waals surface area contributed by atoms with Gasteiger partial charge in [0.2, 0.25) is 5.91 Å². The molecule has 2 fully saturated rings. The Morgan fingerprint density at radius 2 is 1.85 bits per heavy atom. The number of carbonyl (C=O) groups excluding carboxylic acids is 4. The average Bonchev–Trinajstić information content (AvgIpc) is 3.18. The van der Waals surface area contributed by atoms with Crippen molar-refractivity contribution in [3.05, 3.63) is 35.9 Å². The lowest BCUT2D eigenvalue weighted by atomic mass is 9.92. The minimum absolute atomic E-state index is 0.0703. The van der Waals surface area contributed by atoms with Crippen LogP contribution in [-0.4, -0.2) is 41.4 Å². The highest BCUT2D eigenvalue weighted by molar-refractivity contribution is 6.10. The Balaban J connectivity index is 1.60. The Kier molecular flexibility index (Phi) is 4.92. The van der Waals surface area contributed by atoms with Crippen molar-refractivity contribution in [2.75, 3.05) is 6.54 Å². The van der Waals surface area contributed by atoms with Crippen molar-refractivity contribution in [2.24, 2.45) is 0 Å². The summed E-state index contributed by atoms with van der Waals surface area (Å²) >= 11 is 0. The molecule has 0 aromatic heterocycles. The van der Waals surface area contributed by atoms with Crippen LogP contribution in [0.25, 0.3) is 0 Å². The molecule has 26 heavy (non-hydrogen) atoms. The number of nitrogens with zero attached hydrogens (tertiary/aromatic N) is 1. The number of rotatable bonds is 4. The molecule has 1 aromatic carbocycles. The second-order valence-electron chi connectivity index (χ2n) is 6.82. The normalized spacial score (nSPS) is 23.0.